The molecule has 1 saturated heterocycles. The fourth-order valence-electron chi connectivity index (χ4n) is 6.00. The van der Waals surface area contributed by atoms with E-state index in [9.17, 15) is 48.7 Å². The van der Waals surface area contributed by atoms with Gasteiger partial charge in [-0.15, -0.1) is 0 Å². The van der Waals surface area contributed by atoms with Crippen molar-refractivity contribution in [2.75, 3.05) is 63.9 Å². The summed E-state index contributed by atoms with van der Waals surface area (Å²) in [6.45, 7) is 2.58. The van der Waals surface area contributed by atoms with E-state index in [0.717, 1.165) is 21.5 Å². The van der Waals surface area contributed by atoms with E-state index in [1.54, 1.807) is 0 Å². The molecule has 0 aromatic heterocycles. The van der Waals surface area contributed by atoms with E-state index < -0.39 is 81.6 Å². The zero-order valence-electron chi connectivity index (χ0n) is 26.4. The quantitative estimate of drug-likeness (QED) is 0.0705. The van der Waals surface area contributed by atoms with E-state index in [1.807, 2.05) is 34.1 Å². The highest BCUT2D eigenvalue weighted by atomic mass is 32.2. The summed E-state index contributed by atoms with van der Waals surface area (Å²) < 4.78 is 149. The number of rotatable bonds is 10. The summed E-state index contributed by atoms with van der Waals surface area (Å²) in [6, 6.07) is 11.3. The van der Waals surface area contributed by atoms with Gasteiger partial charge < -0.3 is 19.3 Å². The average Bonchev–Trinajstić information content (AvgIpc) is 3.11. The van der Waals surface area contributed by atoms with Crippen molar-refractivity contribution < 1.29 is 58.2 Å². The van der Waals surface area contributed by atoms with Crippen molar-refractivity contribution in [3.05, 3.63) is 88.7 Å². The molecule has 6 nitrogen and oxygen atoms in total. The number of alkyl halides is 3. The van der Waals surface area contributed by atoms with Crippen LogP contribution in [0.25, 0.3) is 10.8 Å². The SMILES string of the molecule is O=C(COc1c(F)c(F)c(F)c2c(F)c(F)c(F)c(F)c12)OCCN1CCN(CCCN2c3ccccc3Sc3ccc(C(F)(F)F)cc32)CC1. The molecule has 0 atom stereocenters. The van der Waals surface area contributed by atoms with Crippen LogP contribution in [0.4, 0.5) is 55.3 Å². The number of hydrogen-bond acceptors (Lipinski definition) is 7. The van der Waals surface area contributed by atoms with Gasteiger partial charge in [0.25, 0.3) is 0 Å². The van der Waals surface area contributed by atoms with Gasteiger partial charge in [0.1, 0.15) is 6.61 Å². The highest BCUT2D eigenvalue weighted by Crippen LogP contribution is 2.49. The summed E-state index contributed by atoms with van der Waals surface area (Å²) in [4.78, 5) is 20.0. The smallest absolute Gasteiger partial charge is 0.416 e. The monoisotopic (exact) mass is 747 g/mol. The highest BCUT2D eigenvalue weighted by Gasteiger charge is 2.34. The Morgan fingerprint density at radius 3 is 1.94 bits per heavy atom. The van der Waals surface area contributed by atoms with Crippen molar-refractivity contribution in [3.8, 4) is 5.75 Å². The molecule has 0 bridgehead atoms. The molecule has 51 heavy (non-hydrogen) atoms. The number of piperazine rings is 1. The molecule has 0 aliphatic carbocycles. The van der Waals surface area contributed by atoms with Crippen molar-refractivity contribution in [1.82, 2.24) is 9.80 Å². The van der Waals surface area contributed by atoms with Crippen LogP contribution in [0.15, 0.2) is 52.3 Å². The first-order valence-electron chi connectivity index (χ1n) is 15.6. The molecule has 2 aliphatic rings. The number of benzene rings is 4. The van der Waals surface area contributed by atoms with Crippen LogP contribution in [0, 0.1) is 40.7 Å². The topological polar surface area (TPSA) is 45.3 Å². The Kier molecular flexibility index (Phi) is 10.6. The van der Waals surface area contributed by atoms with Gasteiger partial charge in [-0.2, -0.15) is 17.6 Å². The molecular formula is C34H27F10N3O3S. The van der Waals surface area contributed by atoms with Gasteiger partial charge in [-0.05, 0) is 43.3 Å². The van der Waals surface area contributed by atoms with Gasteiger partial charge in [-0.3, -0.25) is 4.90 Å². The second-order valence-electron chi connectivity index (χ2n) is 11.7. The Morgan fingerprint density at radius 2 is 1.27 bits per heavy atom. The first-order chi connectivity index (χ1) is 24.3. The third-order valence-electron chi connectivity index (χ3n) is 8.58. The van der Waals surface area contributed by atoms with Gasteiger partial charge in [0.05, 0.1) is 27.7 Å². The maximum atomic E-state index is 14.4. The molecule has 272 valence electrons. The van der Waals surface area contributed by atoms with Gasteiger partial charge in [-0.25, -0.2) is 31.1 Å². The molecule has 2 aliphatic heterocycles. The lowest BCUT2D eigenvalue weighted by Crippen LogP contribution is -2.47. The fourth-order valence-corrected chi connectivity index (χ4v) is 7.07. The Bertz CT molecular complexity index is 1960. The number of anilines is 2. The molecule has 2 heterocycles. The molecule has 0 saturated carbocycles. The Hall–Kier alpha value is -4.22. The van der Waals surface area contributed by atoms with Crippen LogP contribution in [-0.2, 0) is 15.7 Å². The summed E-state index contributed by atoms with van der Waals surface area (Å²) in [5, 5.41) is -3.29. The first-order valence-corrected chi connectivity index (χ1v) is 16.4. The predicted molar refractivity (Wildman–Crippen MR) is 167 cm³/mol. The maximum Gasteiger partial charge on any atom is 0.416 e. The summed E-state index contributed by atoms with van der Waals surface area (Å²) in [5.41, 5.74) is 0.632. The lowest BCUT2D eigenvalue weighted by molar-refractivity contribution is -0.146. The Labute approximate surface area is 288 Å². The van der Waals surface area contributed by atoms with E-state index in [4.69, 9.17) is 9.47 Å². The minimum Gasteiger partial charge on any atom is -0.478 e. The van der Waals surface area contributed by atoms with Crippen LogP contribution in [-0.4, -0.2) is 74.8 Å². The third kappa shape index (κ3) is 7.42. The van der Waals surface area contributed by atoms with Gasteiger partial charge in [0.15, 0.2) is 47.3 Å². The summed E-state index contributed by atoms with van der Waals surface area (Å²) in [7, 11) is 0. The van der Waals surface area contributed by atoms with Gasteiger partial charge in [0.2, 0.25) is 5.82 Å². The molecule has 17 heteroatoms. The fraction of sp³-hybridized carbons (Fsp3) is 0.324. The van der Waals surface area contributed by atoms with Crippen molar-refractivity contribution in [1.29, 1.82) is 0 Å². The number of halogens is 10. The lowest BCUT2D eigenvalue weighted by Gasteiger charge is -2.36. The number of carbonyl (C=O) groups is 1. The zero-order chi connectivity index (χ0) is 36.6. The molecule has 4 aromatic rings. The van der Waals surface area contributed by atoms with Crippen molar-refractivity contribution in [2.24, 2.45) is 0 Å². The van der Waals surface area contributed by atoms with Gasteiger partial charge >= 0.3 is 12.1 Å². The normalized spacial score (nSPS) is 15.2. The molecular weight excluding hydrogens is 720 g/mol. The number of para-hydroxylation sites is 1. The van der Waals surface area contributed by atoms with Crippen molar-refractivity contribution in [3.63, 3.8) is 0 Å². The van der Waals surface area contributed by atoms with E-state index in [2.05, 4.69) is 4.90 Å². The Balaban J connectivity index is 0.976. The second kappa shape index (κ2) is 14.8. The predicted octanol–water partition coefficient (Wildman–Crippen LogP) is 8.06. The summed E-state index contributed by atoms with van der Waals surface area (Å²) >= 11 is 1.43. The molecule has 0 N–H and O–H groups in total. The first kappa shape index (κ1) is 36.6. The zero-order valence-corrected chi connectivity index (χ0v) is 27.2. The third-order valence-corrected chi connectivity index (χ3v) is 9.71. The molecule has 0 unspecified atom stereocenters. The lowest BCUT2D eigenvalue weighted by atomic mass is 10.1. The van der Waals surface area contributed by atoms with Crippen molar-refractivity contribution in [2.45, 2.75) is 22.4 Å². The average molecular weight is 748 g/mol. The molecule has 0 radical (unpaired) electrons. The standard InChI is InChI=1S/C34H27F10N3O3S/c35-26-24-25(28(37)30(39)29(26)38)33(32(41)31(40)27(24)36)50-17-23(48)49-15-14-46-12-10-45(11-13-46)8-3-9-47-19-4-1-2-5-21(19)51-22-7-6-18(16-20(22)47)34(42,43)44/h1-2,4-7,16H,3,8-15,17H2. The molecule has 6 rings (SSSR count). The number of carbonyl (C=O) groups excluding carboxylic acids is 1. The van der Waals surface area contributed by atoms with E-state index in [1.165, 1.54) is 23.9 Å². The minimum absolute atomic E-state index is 0.169. The van der Waals surface area contributed by atoms with Gasteiger partial charge in [-0.1, -0.05) is 23.9 Å². The number of esters is 1. The number of hydrogen-bond donors (Lipinski definition) is 0. The van der Waals surface area contributed by atoms with E-state index >= 15 is 0 Å². The van der Waals surface area contributed by atoms with Crippen LogP contribution < -0.4 is 9.64 Å². The van der Waals surface area contributed by atoms with E-state index in [-0.39, 0.29) is 13.2 Å². The van der Waals surface area contributed by atoms with Crippen LogP contribution >= 0.6 is 11.8 Å². The summed E-state index contributed by atoms with van der Waals surface area (Å²) in [5.74, 6) is -19.0. The summed E-state index contributed by atoms with van der Waals surface area (Å²) in [6.07, 6.45) is -3.81. The van der Waals surface area contributed by atoms with Crippen LogP contribution in [0.5, 0.6) is 5.75 Å². The number of nitrogens with zero attached hydrogens (tertiary/aromatic N) is 3. The number of fused-ring (bicyclic) bond motifs is 3. The van der Waals surface area contributed by atoms with Crippen LogP contribution in [0.2, 0.25) is 0 Å². The number of ether oxygens (including phenoxy) is 2. The molecule has 0 amide bonds. The largest absolute Gasteiger partial charge is 0.478 e. The molecule has 1 fully saturated rings. The van der Waals surface area contributed by atoms with Crippen LogP contribution in [0.1, 0.15) is 12.0 Å². The second-order valence-corrected chi connectivity index (χ2v) is 12.8. The Morgan fingerprint density at radius 1 is 0.686 bits per heavy atom. The van der Waals surface area contributed by atoms with Crippen molar-refractivity contribution >= 4 is 39.9 Å². The van der Waals surface area contributed by atoms with Gasteiger partial charge in [0, 0.05) is 49.1 Å². The molecule has 0 spiro atoms. The van der Waals surface area contributed by atoms with E-state index in [0.29, 0.717) is 51.4 Å². The molecule has 4 aromatic carbocycles. The maximum absolute atomic E-state index is 14.4. The minimum atomic E-state index is -4.47. The van der Waals surface area contributed by atoms with Crippen LogP contribution in [0.3, 0.4) is 0 Å². The highest BCUT2D eigenvalue weighted by molar-refractivity contribution is 7.99.